The maximum Gasteiger partial charge on any atom is 0.255 e. The van der Waals surface area contributed by atoms with Gasteiger partial charge in [-0.3, -0.25) is 14.4 Å². The van der Waals surface area contributed by atoms with Gasteiger partial charge in [-0.1, -0.05) is 24.6 Å². The van der Waals surface area contributed by atoms with Gasteiger partial charge in [-0.15, -0.1) is 0 Å². The van der Waals surface area contributed by atoms with E-state index in [1.54, 1.807) is 12.1 Å². The highest BCUT2D eigenvalue weighted by Crippen LogP contribution is 2.31. The molecule has 5 rings (SSSR count). The lowest BCUT2D eigenvalue weighted by molar-refractivity contribution is -0.137. The summed E-state index contributed by atoms with van der Waals surface area (Å²) in [6.07, 6.45) is 4.96. The standard InChI is InChI=1S/C29H37N5O3/c35-27(22-7-2-1-3-8-22)31-25-21-24(29(37)33-15-5-13-30-14-18-33)11-12-26(25)32-16-6-17-34(20-19-32)28(36)23-9-4-10-23/h1-3,7-8,11-12,21,23,30H,4-6,9-10,13-20H2,(H,31,35). The zero-order valence-electron chi connectivity index (χ0n) is 21.5. The van der Waals surface area contributed by atoms with Gasteiger partial charge in [0.2, 0.25) is 5.91 Å². The van der Waals surface area contributed by atoms with Crippen molar-refractivity contribution in [3.63, 3.8) is 0 Å². The fraction of sp³-hybridized carbons (Fsp3) is 0.483. The number of nitrogens with zero attached hydrogens (tertiary/aromatic N) is 3. The van der Waals surface area contributed by atoms with E-state index in [2.05, 4.69) is 15.5 Å². The molecule has 0 bridgehead atoms. The van der Waals surface area contributed by atoms with Gasteiger partial charge in [-0.05, 0) is 62.6 Å². The Morgan fingerprint density at radius 3 is 2.35 bits per heavy atom. The van der Waals surface area contributed by atoms with Gasteiger partial charge in [0.25, 0.3) is 11.8 Å². The van der Waals surface area contributed by atoms with Crippen molar-refractivity contribution in [3.8, 4) is 0 Å². The predicted octanol–water partition coefficient (Wildman–Crippen LogP) is 3.21. The first kappa shape index (κ1) is 25.3. The highest BCUT2D eigenvalue weighted by molar-refractivity contribution is 6.07. The molecule has 0 aromatic heterocycles. The fourth-order valence-electron chi connectivity index (χ4n) is 5.35. The van der Waals surface area contributed by atoms with Crippen LogP contribution in [0.4, 0.5) is 11.4 Å². The molecule has 0 radical (unpaired) electrons. The summed E-state index contributed by atoms with van der Waals surface area (Å²) in [5, 5.41) is 6.42. The Morgan fingerprint density at radius 2 is 1.57 bits per heavy atom. The number of hydrogen-bond acceptors (Lipinski definition) is 5. The minimum absolute atomic E-state index is 0.0152. The topological polar surface area (TPSA) is 85.0 Å². The van der Waals surface area contributed by atoms with E-state index in [1.807, 2.05) is 46.2 Å². The van der Waals surface area contributed by atoms with E-state index < -0.39 is 0 Å². The summed E-state index contributed by atoms with van der Waals surface area (Å²) in [4.78, 5) is 45.4. The van der Waals surface area contributed by atoms with E-state index in [0.29, 0.717) is 42.4 Å². The Hall–Kier alpha value is -3.39. The second kappa shape index (κ2) is 11.8. The highest BCUT2D eigenvalue weighted by Gasteiger charge is 2.31. The molecule has 2 aromatic carbocycles. The molecule has 0 unspecified atom stereocenters. The molecule has 2 aromatic rings. The molecule has 3 aliphatic rings. The average molecular weight is 504 g/mol. The van der Waals surface area contributed by atoms with Crippen molar-refractivity contribution in [2.45, 2.75) is 32.1 Å². The van der Waals surface area contributed by atoms with Crippen LogP contribution in [0.25, 0.3) is 0 Å². The number of anilines is 2. The third kappa shape index (κ3) is 5.96. The van der Waals surface area contributed by atoms with Gasteiger partial charge in [0.15, 0.2) is 0 Å². The van der Waals surface area contributed by atoms with Gasteiger partial charge >= 0.3 is 0 Å². The molecule has 8 nitrogen and oxygen atoms in total. The lowest BCUT2D eigenvalue weighted by Crippen LogP contribution is -2.41. The van der Waals surface area contributed by atoms with Crippen LogP contribution in [0.3, 0.4) is 0 Å². The Morgan fingerprint density at radius 1 is 0.757 bits per heavy atom. The number of hydrogen-bond donors (Lipinski definition) is 2. The van der Waals surface area contributed by atoms with E-state index in [4.69, 9.17) is 0 Å². The first-order valence-corrected chi connectivity index (χ1v) is 13.6. The number of amides is 3. The molecule has 2 heterocycles. The largest absolute Gasteiger partial charge is 0.368 e. The molecule has 37 heavy (non-hydrogen) atoms. The van der Waals surface area contributed by atoms with Gasteiger partial charge in [0.05, 0.1) is 11.4 Å². The van der Waals surface area contributed by atoms with Crippen LogP contribution in [0.5, 0.6) is 0 Å². The number of carbonyl (C=O) groups is 3. The molecule has 0 atom stereocenters. The number of nitrogens with one attached hydrogen (secondary N) is 2. The van der Waals surface area contributed by atoms with Crippen molar-refractivity contribution >= 4 is 29.1 Å². The van der Waals surface area contributed by atoms with Crippen molar-refractivity contribution in [2.24, 2.45) is 5.92 Å². The Labute approximate surface area is 219 Å². The number of carbonyl (C=O) groups excluding carboxylic acids is 3. The zero-order valence-corrected chi connectivity index (χ0v) is 21.5. The van der Waals surface area contributed by atoms with Gasteiger partial charge in [-0.2, -0.15) is 0 Å². The van der Waals surface area contributed by atoms with E-state index in [0.717, 1.165) is 70.5 Å². The molecule has 2 aliphatic heterocycles. The van der Waals surface area contributed by atoms with Crippen LogP contribution in [0.15, 0.2) is 48.5 Å². The maximum absolute atomic E-state index is 13.3. The molecule has 196 valence electrons. The van der Waals surface area contributed by atoms with Gasteiger partial charge in [0, 0.05) is 62.9 Å². The summed E-state index contributed by atoms with van der Waals surface area (Å²) >= 11 is 0. The van der Waals surface area contributed by atoms with Crippen LogP contribution in [0, 0.1) is 5.92 Å². The Kier molecular flexibility index (Phi) is 8.04. The lowest BCUT2D eigenvalue weighted by atomic mass is 9.84. The number of rotatable bonds is 5. The van der Waals surface area contributed by atoms with Crippen molar-refractivity contribution in [1.82, 2.24) is 15.1 Å². The molecule has 3 amide bonds. The van der Waals surface area contributed by atoms with E-state index in [-0.39, 0.29) is 17.7 Å². The second-order valence-electron chi connectivity index (χ2n) is 10.2. The van der Waals surface area contributed by atoms with Gasteiger partial charge in [-0.25, -0.2) is 0 Å². The van der Waals surface area contributed by atoms with Crippen LogP contribution in [-0.4, -0.2) is 79.9 Å². The Bertz CT molecular complexity index is 1110. The number of benzene rings is 2. The lowest BCUT2D eigenvalue weighted by Gasteiger charge is -2.31. The van der Waals surface area contributed by atoms with Gasteiger partial charge < -0.3 is 25.3 Å². The van der Waals surface area contributed by atoms with E-state index >= 15 is 0 Å². The summed E-state index contributed by atoms with van der Waals surface area (Å²) < 4.78 is 0. The normalized spacial score (nSPS) is 19.0. The van der Waals surface area contributed by atoms with Crippen molar-refractivity contribution in [2.75, 3.05) is 62.6 Å². The first-order chi connectivity index (χ1) is 18.1. The fourth-order valence-corrected chi connectivity index (χ4v) is 5.35. The quantitative estimate of drug-likeness (QED) is 0.655. The molecular weight excluding hydrogens is 466 g/mol. The summed E-state index contributed by atoms with van der Waals surface area (Å²) in [7, 11) is 0. The molecule has 1 aliphatic carbocycles. The minimum Gasteiger partial charge on any atom is -0.368 e. The van der Waals surface area contributed by atoms with Crippen LogP contribution < -0.4 is 15.5 Å². The van der Waals surface area contributed by atoms with Crippen LogP contribution >= 0.6 is 0 Å². The molecule has 8 heteroatoms. The SMILES string of the molecule is O=C(Nc1cc(C(=O)N2CCCNCC2)ccc1N1CCCN(C(=O)C2CCC2)CC1)c1ccccc1. The average Bonchev–Trinajstić information content (AvgIpc) is 3.31. The zero-order chi connectivity index (χ0) is 25.6. The second-order valence-corrected chi connectivity index (χ2v) is 10.2. The van der Waals surface area contributed by atoms with Crippen LogP contribution in [-0.2, 0) is 4.79 Å². The predicted molar refractivity (Wildman–Crippen MR) is 145 cm³/mol. The third-order valence-corrected chi connectivity index (χ3v) is 7.76. The van der Waals surface area contributed by atoms with E-state index in [9.17, 15) is 14.4 Å². The highest BCUT2D eigenvalue weighted by atomic mass is 16.2. The maximum atomic E-state index is 13.3. The summed E-state index contributed by atoms with van der Waals surface area (Å²) in [5.41, 5.74) is 2.66. The van der Waals surface area contributed by atoms with Crippen LogP contribution in [0.1, 0.15) is 52.8 Å². The third-order valence-electron chi connectivity index (χ3n) is 7.76. The molecule has 3 fully saturated rings. The summed E-state index contributed by atoms with van der Waals surface area (Å²) in [6, 6.07) is 14.8. The van der Waals surface area contributed by atoms with Crippen molar-refractivity contribution in [3.05, 3.63) is 59.7 Å². The molecule has 2 saturated heterocycles. The minimum atomic E-state index is -0.206. The summed E-state index contributed by atoms with van der Waals surface area (Å²) in [6.45, 7) is 5.99. The van der Waals surface area contributed by atoms with E-state index in [1.165, 1.54) is 0 Å². The van der Waals surface area contributed by atoms with Gasteiger partial charge in [0.1, 0.15) is 0 Å². The van der Waals surface area contributed by atoms with Crippen molar-refractivity contribution in [1.29, 1.82) is 0 Å². The first-order valence-electron chi connectivity index (χ1n) is 13.6. The monoisotopic (exact) mass is 503 g/mol. The summed E-state index contributed by atoms with van der Waals surface area (Å²) in [5.74, 6) is 0.269. The van der Waals surface area contributed by atoms with Crippen molar-refractivity contribution < 1.29 is 14.4 Å². The smallest absolute Gasteiger partial charge is 0.255 e. The molecule has 2 N–H and O–H groups in total. The van der Waals surface area contributed by atoms with Crippen LogP contribution in [0.2, 0.25) is 0 Å². The molecular formula is C29H37N5O3. The Balaban J connectivity index is 1.38. The molecule has 0 spiro atoms. The molecule has 1 saturated carbocycles.